The van der Waals surface area contributed by atoms with Crippen LogP contribution in [0.1, 0.15) is 23.2 Å². The first kappa shape index (κ1) is 18.7. The van der Waals surface area contributed by atoms with Crippen LogP contribution in [0, 0.1) is 11.7 Å². The maximum Gasteiger partial charge on any atom is 0.253 e. The highest BCUT2D eigenvalue weighted by Gasteiger charge is 2.26. The monoisotopic (exact) mass is 422 g/mol. The van der Waals surface area contributed by atoms with Crippen molar-refractivity contribution in [1.82, 2.24) is 14.3 Å². The van der Waals surface area contributed by atoms with Crippen molar-refractivity contribution in [3.05, 3.63) is 60.0 Å². The number of carbonyl (C=O) groups is 2. The fourth-order valence-electron chi connectivity index (χ4n) is 3.94. The van der Waals surface area contributed by atoms with Crippen LogP contribution in [-0.2, 0) is 4.79 Å². The number of nitrogens with zero attached hydrogens (tertiary/aromatic N) is 3. The van der Waals surface area contributed by atoms with E-state index in [1.807, 2.05) is 28.8 Å². The number of primary amides is 1. The van der Waals surface area contributed by atoms with Crippen LogP contribution in [0.3, 0.4) is 0 Å². The van der Waals surface area contributed by atoms with Gasteiger partial charge in [-0.2, -0.15) is 0 Å². The van der Waals surface area contributed by atoms with Crippen LogP contribution in [0.15, 0.2) is 48.7 Å². The molecule has 2 aromatic carbocycles. The van der Waals surface area contributed by atoms with Crippen LogP contribution in [0.5, 0.6) is 0 Å². The first-order valence-corrected chi connectivity index (χ1v) is 10.6. The number of hydrogen-bond donors (Lipinski definition) is 1. The number of hydrogen-bond acceptors (Lipinski definition) is 4. The Morgan fingerprint density at radius 1 is 1.10 bits per heavy atom. The minimum absolute atomic E-state index is 0.0298. The number of aromatic nitrogens is 2. The second-order valence-electron chi connectivity index (χ2n) is 7.54. The number of likely N-dealkylation sites (tertiary alicyclic amines) is 1. The molecule has 6 nitrogen and oxygen atoms in total. The van der Waals surface area contributed by atoms with E-state index >= 15 is 0 Å². The van der Waals surface area contributed by atoms with Crippen LogP contribution in [0.25, 0.3) is 26.4 Å². The summed E-state index contributed by atoms with van der Waals surface area (Å²) in [5.41, 5.74) is 8.61. The fraction of sp³-hybridized carbons (Fsp3) is 0.227. The summed E-state index contributed by atoms with van der Waals surface area (Å²) >= 11 is 1.51. The zero-order chi connectivity index (χ0) is 20.8. The lowest BCUT2D eigenvalue weighted by molar-refractivity contribution is -0.123. The maximum absolute atomic E-state index is 13.2. The smallest absolute Gasteiger partial charge is 0.253 e. The first-order valence-electron chi connectivity index (χ1n) is 9.76. The summed E-state index contributed by atoms with van der Waals surface area (Å²) in [4.78, 5) is 31.5. The predicted molar refractivity (Wildman–Crippen MR) is 114 cm³/mol. The van der Waals surface area contributed by atoms with E-state index in [1.165, 1.54) is 23.5 Å². The molecule has 30 heavy (non-hydrogen) atoms. The molecule has 152 valence electrons. The van der Waals surface area contributed by atoms with E-state index < -0.39 is 0 Å². The summed E-state index contributed by atoms with van der Waals surface area (Å²) in [5, 5.41) is 0. The number of fused-ring (bicyclic) bond motifs is 3. The van der Waals surface area contributed by atoms with Crippen molar-refractivity contribution in [2.75, 3.05) is 13.1 Å². The Morgan fingerprint density at radius 3 is 2.53 bits per heavy atom. The summed E-state index contributed by atoms with van der Waals surface area (Å²) < 4.78 is 16.1. The second kappa shape index (κ2) is 7.21. The normalized spacial score (nSPS) is 15.2. The molecule has 5 rings (SSSR count). The largest absolute Gasteiger partial charge is 0.369 e. The van der Waals surface area contributed by atoms with Gasteiger partial charge < -0.3 is 10.6 Å². The lowest BCUT2D eigenvalue weighted by Gasteiger charge is -2.30. The van der Waals surface area contributed by atoms with E-state index in [2.05, 4.69) is 4.98 Å². The van der Waals surface area contributed by atoms with Gasteiger partial charge >= 0.3 is 0 Å². The summed E-state index contributed by atoms with van der Waals surface area (Å²) in [7, 11) is 0. The molecule has 2 N–H and O–H groups in total. The van der Waals surface area contributed by atoms with Crippen LogP contribution < -0.4 is 5.73 Å². The Morgan fingerprint density at radius 2 is 1.83 bits per heavy atom. The number of rotatable bonds is 3. The van der Waals surface area contributed by atoms with Crippen molar-refractivity contribution in [3.63, 3.8) is 0 Å². The van der Waals surface area contributed by atoms with Gasteiger partial charge in [0.2, 0.25) is 5.91 Å². The molecule has 0 unspecified atom stereocenters. The van der Waals surface area contributed by atoms with Crippen LogP contribution in [0.2, 0.25) is 0 Å². The number of piperidine rings is 1. The highest BCUT2D eigenvalue weighted by molar-refractivity contribution is 7.23. The van der Waals surface area contributed by atoms with Crippen molar-refractivity contribution in [2.45, 2.75) is 12.8 Å². The molecule has 8 heteroatoms. The zero-order valence-corrected chi connectivity index (χ0v) is 16.9. The fourth-order valence-corrected chi connectivity index (χ4v) is 4.99. The Labute approximate surface area is 175 Å². The third kappa shape index (κ3) is 3.23. The second-order valence-corrected chi connectivity index (χ2v) is 8.55. The minimum Gasteiger partial charge on any atom is -0.369 e. The van der Waals surface area contributed by atoms with Gasteiger partial charge in [-0.15, -0.1) is 0 Å². The molecule has 2 amide bonds. The zero-order valence-electron chi connectivity index (χ0n) is 16.0. The molecule has 0 radical (unpaired) electrons. The number of thiazole rings is 1. The van der Waals surface area contributed by atoms with Crippen LogP contribution in [0.4, 0.5) is 4.39 Å². The molecular weight excluding hydrogens is 403 g/mol. The number of carbonyl (C=O) groups excluding carboxylic acids is 2. The molecule has 1 saturated heterocycles. The van der Waals surface area contributed by atoms with Gasteiger partial charge in [-0.05, 0) is 55.3 Å². The van der Waals surface area contributed by atoms with Gasteiger partial charge in [0.05, 0.1) is 15.9 Å². The number of halogens is 1. The van der Waals surface area contributed by atoms with Gasteiger partial charge in [-0.25, -0.2) is 9.37 Å². The molecule has 4 aromatic rings. The third-order valence-corrected chi connectivity index (χ3v) is 6.68. The van der Waals surface area contributed by atoms with Gasteiger partial charge in [0.25, 0.3) is 5.91 Å². The summed E-state index contributed by atoms with van der Waals surface area (Å²) in [6.07, 6.45) is 3.15. The number of amides is 2. The van der Waals surface area contributed by atoms with E-state index in [4.69, 9.17) is 5.73 Å². The van der Waals surface area contributed by atoms with Crippen molar-refractivity contribution in [2.24, 2.45) is 11.7 Å². The average molecular weight is 422 g/mol. The van der Waals surface area contributed by atoms with E-state index in [9.17, 15) is 14.0 Å². The molecule has 3 heterocycles. The molecule has 0 atom stereocenters. The van der Waals surface area contributed by atoms with Crippen molar-refractivity contribution in [1.29, 1.82) is 0 Å². The van der Waals surface area contributed by atoms with Gasteiger partial charge in [-0.3, -0.25) is 14.0 Å². The molecule has 0 spiro atoms. The Kier molecular flexibility index (Phi) is 4.51. The summed E-state index contributed by atoms with van der Waals surface area (Å²) in [6.45, 7) is 1.08. The molecule has 1 aliphatic heterocycles. The summed E-state index contributed by atoms with van der Waals surface area (Å²) in [6, 6.07) is 11.9. The standard InChI is InChI=1S/C22H19FN4O2S/c23-16-4-1-13(2-5-16)17-12-27-18-6-3-15(11-19(18)30-22(27)25-17)21(29)26-9-7-14(8-10-26)20(24)28/h1-6,11-12,14H,7-10H2,(H2,24,28). The SMILES string of the molecule is NC(=O)C1CCN(C(=O)c2ccc3c(c2)sc2nc(-c4ccc(F)cc4)cn23)CC1. The van der Waals surface area contributed by atoms with E-state index in [0.717, 1.165) is 26.4 Å². The van der Waals surface area contributed by atoms with Crippen molar-refractivity contribution >= 4 is 38.3 Å². The number of benzene rings is 2. The molecular formula is C22H19FN4O2S. The van der Waals surface area contributed by atoms with Crippen molar-refractivity contribution < 1.29 is 14.0 Å². The first-order chi connectivity index (χ1) is 14.5. The molecule has 0 saturated carbocycles. The van der Waals surface area contributed by atoms with Gasteiger partial charge in [0.1, 0.15) is 5.82 Å². The van der Waals surface area contributed by atoms with Gasteiger partial charge in [0, 0.05) is 36.3 Å². The maximum atomic E-state index is 13.2. The predicted octanol–water partition coefficient (Wildman–Crippen LogP) is 3.69. The minimum atomic E-state index is -0.287. The highest BCUT2D eigenvalue weighted by atomic mass is 32.1. The van der Waals surface area contributed by atoms with E-state index in [0.29, 0.717) is 31.5 Å². The molecule has 0 aliphatic carbocycles. The number of nitrogens with two attached hydrogens (primary N) is 1. The third-order valence-electron chi connectivity index (χ3n) is 5.67. The Hall–Kier alpha value is -3.26. The lowest BCUT2D eigenvalue weighted by atomic mass is 9.96. The van der Waals surface area contributed by atoms with Crippen LogP contribution in [-0.4, -0.2) is 39.2 Å². The highest BCUT2D eigenvalue weighted by Crippen LogP contribution is 2.31. The number of imidazole rings is 1. The average Bonchev–Trinajstić information content (AvgIpc) is 3.31. The Balaban J connectivity index is 1.41. The van der Waals surface area contributed by atoms with E-state index in [-0.39, 0.29) is 23.5 Å². The molecule has 0 bridgehead atoms. The quantitative estimate of drug-likeness (QED) is 0.547. The lowest BCUT2D eigenvalue weighted by Crippen LogP contribution is -2.41. The van der Waals surface area contributed by atoms with Crippen LogP contribution >= 0.6 is 11.3 Å². The molecule has 2 aromatic heterocycles. The molecule has 1 fully saturated rings. The van der Waals surface area contributed by atoms with E-state index in [1.54, 1.807) is 17.0 Å². The van der Waals surface area contributed by atoms with Gasteiger partial charge in [0.15, 0.2) is 4.96 Å². The van der Waals surface area contributed by atoms with Crippen molar-refractivity contribution in [3.8, 4) is 11.3 Å². The van der Waals surface area contributed by atoms with Gasteiger partial charge in [-0.1, -0.05) is 11.3 Å². The summed E-state index contributed by atoms with van der Waals surface area (Å²) in [5.74, 6) is -0.735. The topological polar surface area (TPSA) is 80.7 Å². The Bertz CT molecular complexity index is 1270. The molecule has 1 aliphatic rings.